The highest BCUT2D eigenvalue weighted by molar-refractivity contribution is 6.31. The molecule has 0 aliphatic rings. The molecule has 20 heavy (non-hydrogen) atoms. The Morgan fingerprint density at radius 3 is 2.45 bits per heavy atom. The van der Waals surface area contributed by atoms with Crippen molar-refractivity contribution in [3.05, 3.63) is 63.6 Å². The number of ether oxygens (including phenoxy) is 1. The Balaban J connectivity index is 2.28. The standard InChI is InChI=1S/C16H15Cl3O/c1-20-16-6-5-15(19)9-12(16)7-13(10-17)11-3-2-4-14(18)8-11/h2-6,8-9,13H,7,10H2,1H3. The maximum absolute atomic E-state index is 6.12. The molecule has 2 aromatic carbocycles. The van der Waals surface area contributed by atoms with Crippen molar-refractivity contribution < 1.29 is 4.74 Å². The van der Waals surface area contributed by atoms with Crippen LogP contribution in [0.5, 0.6) is 5.75 Å². The fourth-order valence-electron chi connectivity index (χ4n) is 2.19. The minimum absolute atomic E-state index is 0.169. The zero-order valence-electron chi connectivity index (χ0n) is 11.1. The third-order valence-electron chi connectivity index (χ3n) is 3.22. The zero-order chi connectivity index (χ0) is 14.5. The normalized spacial score (nSPS) is 12.2. The van der Waals surface area contributed by atoms with Crippen molar-refractivity contribution in [1.82, 2.24) is 0 Å². The van der Waals surface area contributed by atoms with Gasteiger partial charge in [0.1, 0.15) is 5.75 Å². The Bertz CT molecular complexity index is 584. The van der Waals surface area contributed by atoms with Crippen LogP contribution < -0.4 is 4.74 Å². The Hall–Kier alpha value is -0.890. The number of hydrogen-bond donors (Lipinski definition) is 0. The first kappa shape index (κ1) is 15.5. The first-order chi connectivity index (χ1) is 9.63. The van der Waals surface area contributed by atoms with Crippen LogP contribution in [0.4, 0.5) is 0 Å². The third kappa shape index (κ3) is 3.82. The lowest BCUT2D eigenvalue weighted by molar-refractivity contribution is 0.408. The van der Waals surface area contributed by atoms with Gasteiger partial charge in [0.15, 0.2) is 0 Å². The second-order valence-corrected chi connectivity index (χ2v) is 5.75. The van der Waals surface area contributed by atoms with Crippen LogP contribution in [-0.4, -0.2) is 13.0 Å². The van der Waals surface area contributed by atoms with E-state index < -0.39 is 0 Å². The molecule has 4 heteroatoms. The summed E-state index contributed by atoms with van der Waals surface area (Å²) in [5, 5.41) is 1.41. The summed E-state index contributed by atoms with van der Waals surface area (Å²) >= 11 is 18.2. The summed E-state index contributed by atoms with van der Waals surface area (Å²) in [4.78, 5) is 0. The van der Waals surface area contributed by atoms with Crippen molar-refractivity contribution >= 4 is 34.8 Å². The molecule has 0 amide bonds. The predicted octanol–water partition coefficient (Wildman–Crippen LogP) is 5.57. The molecule has 2 rings (SSSR count). The van der Waals surface area contributed by atoms with Gasteiger partial charge in [0.25, 0.3) is 0 Å². The van der Waals surface area contributed by atoms with Crippen molar-refractivity contribution in [2.75, 3.05) is 13.0 Å². The van der Waals surface area contributed by atoms with Crippen molar-refractivity contribution in [2.45, 2.75) is 12.3 Å². The van der Waals surface area contributed by atoms with Crippen molar-refractivity contribution in [3.63, 3.8) is 0 Å². The fourth-order valence-corrected chi connectivity index (χ4v) is 2.87. The van der Waals surface area contributed by atoms with Gasteiger partial charge in [-0.2, -0.15) is 0 Å². The van der Waals surface area contributed by atoms with E-state index in [2.05, 4.69) is 0 Å². The van der Waals surface area contributed by atoms with Crippen LogP contribution in [0.25, 0.3) is 0 Å². The van der Waals surface area contributed by atoms with Gasteiger partial charge in [0.05, 0.1) is 7.11 Å². The number of hydrogen-bond acceptors (Lipinski definition) is 1. The number of benzene rings is 2. The van der Waals surface area contributed by atoms with E-state index in [9.17, 15) is 0 Å². The Labute approximate surface area is 134 Å². The van der Waals surface area contributed by atoms with Crippen LogP contribution in [0.3, 0.4) is 0 Å². The average molecular weight is 330 g/mol. The van der Waals surface area contributed by atoms with Crippen LogP contribution >= 0.6 is 34.8 Å². The van der Waals surface area contributed by atoms with Gasteiger partial charge in [-0.3, -0.25) is 0 Å². The monoisotopic (exact) mass is 328 g/mol. The van der Waals surface area contributed by atoms with Crippen LogP contribution in [0, 0.1) is 0 Å². The van der Waals surface area contributed by atoms with Crippen LogP contribution in [-0.2, 0) is 6.42 Å². The predicted molar refractivity (Wildman–Crippen MR) is 86.6 cm³/mol. The van der Waals surface area contributed by atoms with Gasteiger partial charge in [0, 0.05) is 21.8 Å². The summed E-state index contributed by atoms with van der Waals surface area (Å²) in [7, 11) is 1.65. The number of rotatable bonds is 5. The SMILES string of the molecule is COc1ccc(Cl)cc1CC(CCl)c1cccc(Cl)c1. The summed E-state index contributed by atoms with van der Waals surface area (Å²) in [5.41, 5.74) is 2.17. The number of alkyl halides is 1. The highest BCUT2D eigenvalue weighted by Gasteiger charge is 2.15. The van der Waals surface area contributed by atoms with Crippen LogP contribution in [0.1, 0.15) is 17.0 Å². The molecule has 0 aliphatic carbocycles. The molecule has 2 aromatic rings. The van der Waals surface area contributed by atoms with Gasteiger partial charge >= 0.3 is 0 Å². The van der Waals surface area contributed by atoms with E-state index in [1.807, 2.05) is 42.5 Å². The average Bonchev–Trinajstić information content (AvgIpc) is 2.45. The summed E-state index contributed by atoms with van der Waals surface area (Å²) in [6.07, 6.45) is 0.758. The smallest absolute Gasteiger partial charge is 0.122 e. The van der Waals surface area contributed by atoms with Gasteiger partial charge in [-0.05, 0) is 47.9 Å². The van der Waals surface area contributed by atoms with E-state index in [-0.39, 0.29) is 5.92 Å². The molecule has 0 saturated carbocycles. The van der Waals surface area contributed by atoms with E-state index in [1.165, 1.54) is 0 Å². The maximum Gasteiger partial charge on any atom is 0.122 e. The lowest BCUT2D eigenvalue weighted by atomic mass is 9.93. The number of halogens is 3. The van der Waals surface area contributed by atoms with Gasteiger partial charge < -0.3 is 4.74 Å². The summed E-state index contributed by atoms with van der Waals surface area (Å²) in [6.45, 7) is 0. The molecule has 1 unspecified atom stereocenters. The minimum atomic E-state index is 0.169. The third-order valence-corrected chi connectivity index (χ3v) is 4.06. The minimum Gasteiger partial charge on any atom is -0.496 e. The molecule has 0 aliphatic heterocycles. The van der Waals surface area contributed by atoms with Crippen molar-refractivity contribution in [2.24, 2.45) is 0 Å². The highest BCUT2D eigenvalue weighted by Crippen LogP contribution is 2.30. The lowest BCUT2D eigenvalue weighted by Crippen LogP contribution is -2.06. The largest absolute Gasteiger partial charge is 0.496 e. The quantitative estimate of drug-likeness (QED) is 0.652. The zero-order valence-corrected chi connectivity index (χ0v) is 13.3. The van der Waals surface area contributed by atoms with E-state index in [1.54, 1.807) is 7.11 Å². The Morgan fingerprint density at radius 1 is 1.05 bits per heavy atom. The lowest BCUT2D eigenvalue weighted by Gasteiger charge is -2.17. The molecule has 0 bridgehead atoms. The Morgan fingerprint density at radius 2 is 1.80 bits per heavy atom. The van der Waals surface area contributed by atoms with E-state index in [0.717, 1.165) is 28.3 Å². The van der Waals surface area contributed by atoms with Crippen LogP contribution in [0.15, 0.2) is 42.5 Å². The molecule has 0 radical (unpaired) electrons. The van der Waals surface area contributed by atoms with Gasteiger partial charge in [-0.25, -0.2) is 0 Å². The first-order valence-corrected chi connectivity index (χ1v) is 7.57. The fraction of sp³-hybridized carbons (Fsp3) is 0.250. The van der Waals surface area contributed by atoms with E-state index in [0.29, 0.717) is 10.9 Å². The molecule has 0 aromatic heterocycles. The van der Waals surface area contributed by atoms with Gasteiger partial charge in [-0.15, -0.1) is 11.6 Å². The molecule has 1 nitrogen and oxygen atoms in total. The van der Waals surface area contributed by atoms with Crippen molar-refractivity contribution in [1.29, 1.82) is 0 Å². The van der Waals surface area contributed by atoms with Gasteiger partial charge in [-0.1, -0.05) is 35.3 Å². The maximum atomic E-state index is 6.12. The topological polar surface area (TPSA) is 9.23 Å². The summed E-state index contributed by atoms with van der Waals surface area (Å²) < 4.78 is 5.38. The molecule has 0 saturated heterocycles. The van der Waals surface area contributed by atoms with Crippen LogP contribution in [0.2, 0.25) is 10.0 Å². The molecule has 0 spiro atoms. The summed E-state index contributed by atoms with van der Waals surface area (Å²) in [6, 6.07) is 13.4. The van der Waals surface area contributed by atoms with E-state index in [4.69, 9.17) is 39.5 Å². The second-order valence-electron chi connectivity index (χ2n) is 4.57. The second kappa shape index (κ2) is 7.21. The van der Waals surface area contributed by atoms with Gasteiger partial charge in [0.2, 0.25) is 0 Å². The Kier molecular flexibility index (Phi) is 5.59. The molecule has 106 valence electrons. The molecular weight excluding hydrogens is 315 g/mol. The molecular formula is C16H15Cl3O. The molecule has 1 atom stereocenters. The number of methoxy groups -OCH3 is 1. The highest BCUT2D eigenvalue weighted by atomic mass is 35.5. The first-order valence-electron chi connectivity index (χ1n) is 6.28. The van der Waals surface area contributed by atoms with Crippen molar-refractivity contribution in [3.8, 4) is 5.75 Å². The summed E-state index contributed by atoms with van der Waals surface area (Å²) in [5.74, 6) is 1.50. The molecule has 0 fully saturated rings. The molecule has 0 N–H and O–H groups in total. The van der Waals surface area contributed by atoms with E-state index >= 15 is 0 Å². The molecule has 0 heterocycles.